The Morgan fingerprint density at radius 1 is 1.47 bits per heavy atom. The van der Waals surface area contributed by atoms with E-state index in [1.165, 1.54) is 19.2 Å². The molecule has 0 saturated carbocycles. The van der Waals surface area contributed by atoms with Crippen molar-refractivity contribution >= 4 is 12.4 Å². The molecule has 0 fully saturated rings. The molecule has 2 N–H and O–H groups in total. The quantitative estimate of drug-likeness (QED) is 0.909. The number of hydrogen-bond donors (Lipinski definition) is 1. The van der Waals surface area contributed by atoms with Crippen molar-refractivity contribution in [1.82, 2.24) is 10.1 Å². The Balaban J connectivity index is 0.00000144. The van der Waals surface area contributed by atoms with Crippen molar-refractivity contribution < 1.29 is 13.7 Å². The fourth-order valence-electron chi connectivity index (χ4n) is 1.26. The number of nitrogens with zero attached hydrogens (tertiary/aromatic N) is 2. The van der Waals surface area contributed by atoms with Gasteiger partial charge < -0.3 is 15.0 Å². The summed E-state index contributed by atoms with van der Waals surface area (Å²) < 4.78 is 23.0. The summed E-state index contributed by atoms with van der Waals surface area (Å²) >= 11 is 0. The topological polar surface area (TPSA) is 74.2 Å². The van der Waals surface area contributed by atoms with Gasteiger partial charge >= 0.3 is 0 Å². The first-order valence-electron chi connectivity index (χ1n) is 4.61. The Morgan fingerprint density at radius 3 is 2.76 bits per heavy atom. The lowest BCUT2D eigenvalue weighted by Crippen LogP contribution is -1.95. The van der Waals surface area contributed by atoms with Gasteiger partial charge in [0.25, 0.3) is 0 Å². The molecular weight excluding hydrogens is 249 g/mol. The van der Waals surface area contributed by atoms with Crippen molar-refractivity contribution in [3.05, 3.63) is 29.9 Å². The fourth-order valence-corrected chi connectivity index (χ4v) is 1.26. The standard InChI is InChI=1S/C10H10FN3O2.ClH/c1-15-8-3-2-6(4-7(8)11)10-13-9(5-12)16-14-10;/h2-4H,5,12H2,1H3;1H. The normalized spacial score (nSPS) is 9.82. The van der Waals surface area contributed by atoms with Gasteiger partial charge in [-0.2, -0.15) is 4.98 Å². The maximum absolute atomic E-state index is 13.4. The lowest BCUT2D eigenvalue weighted by atomic mass is 10.2. The van der Waals surface area contributed by atoms with Crippen LogP contribution < -0.4 is 10.5 Å². The summed E-state index contributed by atoms with van der Waals surface area (Å²) in [6, 6.07) is 4.43. The second kappa shape index (κ2) is 5.60. The average molecular weight is 260 g/mol. The van der Waals surface area contributed by atoms with Gasteiger partial charge in [0.15, 0.2) is 11.6 Å². The SMILES string of the molecule is COc1ccc(-c2noc(CN)n2)cc1F.Cl. The van der Waals surface area contributed by atoms with Crippen LogP contribution in [0.3, 0.4) is 0 Å². The van der Waals surface area contributed by atoms with Gasteiger partial charge in [-0.1, -0.05) is 5.16 Å². The molecule has 92 valence electrons. The minimum atomic E-state index is -0.473. The van der Waals surface area contributed by atoms with E-state index in [0.717, 1.165) is 0 Å². The van der Waals surface area contributed by atoms with Crippen molar-refractivity contribution in [3.8, 4) is 17.1 Å². The van der Waals surface area contributed by atoms with Crippen molar-refractivity contribution in [1.29, 1.82) is 0 Å². The van der Waals surface area contributed by atoms with E-state index in [1.54, 1.807) is 6.07 Å². The highest BCUT2D eigenvalue weighted by Gasteiger charge is 2.10. The molecule has 0 amide bonds. The van der Waals surface area contributed by atoms with Gasteiger partial charge in [0.05, 0.1) is 13.7 Å². The number of benzene rings is 1. The van der Waals surface area contributed by atoms with Crippen LogP contribution in [0.1, 0.15) is 5.89 Å². The molecule has 0 bridgehead atoms. The molecule has 0 aliphatic rings. The molecule has 0 aliphatic heterocycles. The van der Waals surface area contributed by atoms with E-state index in [9.17, 15) is 4.39 Å². The second-order valence-corrected chi connectivity index (χ2v) is 3.07. The summed E-state index contributed by atoms with van der Waals surface area (Å²) in [5.41, 5.74) is 5.84. The van der Waals surface area contributed by atoms with Crippen molar-refractivity contribution in [2.45, 2.75) is 6.54 Å². The van der Waals surface area contributed by atoms with Crippen LogP contribution >= 0.6 is 12.4 Å². The van der Waals surface area contributed by atoms with Crippen molar-refractivity contribution in [2.75, 3.05) is 7.11 Å². The van der Waals surface area contributed by atoms with Crippen LogP contribution in [-0.4, -0.2) is 17.3 Å². The zero-order valence-corrected chi connectivity index (χ0v) is 9.83. The number of halogens is 2. The number of rotatable bonds is 3. The van der Waals surface area contributed by atoms with Crippen molar-refractivity contribution in [3.63, 3.8) is 0 Å². The molecule has 1 heterocycles. The highest BCUT2D eigenvalue weighted by Crippen LogP contribution is 2.23. The average Bonchev–Trinajstić information content (AvgIpc) is 2.77. The van der Waals surface area contributed by atoms with Crippen LogP contribution in [0, 0.1) is 5.82 Å². The second-order valence-electron chi connectivity index (χ2n) is 3.07. The fraction of sp³-hybridized carbons (Fsp3) is 0.200. The minimum absolute atomic E-state index is 0. The van der Waals surface area contributed by atoms with Crippen LogP contribution in [-0.2, 0) is 6.54 Å². The third-order valence-electron chi connectivity index (χ3n) is 2.05. The zero-order chi connectivity index (χ0) is 11.5. The Morgan fingerprint density at radius 2 is 2.24 bits per heavy atom. The third kappa shape index (κ3) is 2.72. The van der Waals surface area contributed by atoms with Gasteiger partial charge in [0.1, 0.15) is 0 Å². The predicted octanol–water partition coefficient (Wildman–Crippen LogP) is 1.76. The Kier molecular flexibility index (Phi) is 4.42. The van der Waals surface area contributed by atoms with Gasteiger partial charge in [-0.15, -0.1) is 12.4 Å². The summed E-state index contributed by atoms with van der Waals surface area (Å²) in [7, 11) is 1.40. The van der Waals surface area contributed by atoms with E-state index in [0.29, 0.717) is 17.3 Å². The maximum Gasteiger partial charge on any atom is 0.240 e. The molecule has 0 aliphatic carbocycles. The van der Waals surface area contributed by atoms with E-state index in [-0.39, 0.29) is 24.7 Å². The van der Waals surface area contributed by atoms with E-state index < -0.39 is 5.82 Å². The number of nitrogens with two attached hydrogens (primary N) is 1. The molecule has 0 spiro atoms. The maximum atomic E-state index is 13.4. The van der Waals surface area contributed by atoms with Gasteiger partial charge in [-0.25, -0.2) is 4.39 Å². The molecule has 5 nitrogen and oxygen atoms in total. The molecule has 0 atom stereocenters. The highest BCUT2D eigenvalue weighted by atomic mass is 35.5. The molecule has 1 aromatic heterocycles. The van der Waals surface area contributed by atoms with E-state index in [1.807, 2.05) is 0 Å². The molecular formula is C10H11ClFN3O2. The molecule has 1 aromatic carbocycles. The molecule has 2 rings (SSSR count). The summed E-state index contributed by atoms with van der Waals surface area (Å²) in [5, 5.41) is 3.68. The lowest BCUT2D eigenvalue weighted by molar-refractivity contribution is 0.380. The van der Waals surface area contributed by atoms with Crippen LogP contribution in [0.25, 0.3) is 11.4 Å². The zero-order valence-electron chi connectivity index (χ0n) is 9.01. The monoisotopic (exact) mass is 259 g/mol. The first-order chi connectivity index (χ1) is 7.74. The summed E-state index contributed by atoms with van der Waals surface area (Å²) in [4.78, 5) is 3.99. The van der Waals surface area contributed by atoms with Crippen LogP contribution in [0.5, 0.6) is 5.75 Å². The number of aromatic nitrogens is 2. The molecule has 17 heavy (non-hydrogen) atoms. The molecule has 0 unspecified atom stereocenters. The number of hydrogen-bond acceptors (Lipinski definition) is 5. The predicted molar refractivity (Wildman–Crippen MR) is 61.4 cm³/mol. The Labute approximate surface area is 103 Å². The van der Waals surface area contributed by atoms with Gasteiger partial charge in [0, 0.05) is 5.56 Å². The van der Waals surface area contributed by atoms with Crippen LogP contribution in [0.4, 0.5) is 4.39 Å². The first-order valence-corrected chi connectivity index (χ1v) is 4.61. The third-order valence-corrected chi connectivity index (χ3v) is 2.05. The van der Waals surface area contributed by atoms with Gasteiger partial charge in [0.2, 0.25) is 11.7 Å². The highest BCUT2D eigenvalue weighted by molar-refractivity contribution is 5.85. The van der Waals surface area contributed by atoms with E-state index >= 15 is 0 Å². The molecule has 0 radical (unpaired) electrons. The largest absolute Gasteiger partial charge is 0.494 e. The van der Waals surface area contributed by atoms with Crippen molar-refractivity contribution in [2.24, 2.45) is 5.73 Å². The summed E-state index contributed by atoms with van der Waals surface area (Å²) in [6.07, 6.45) is 0. The van der Waals surface area contributed by atoms with Gasteiger partial charge in [-0.05, 0) is 18.2 Å². The summed E-state index contributed by atoms with van der Waals surface area (Å²) in [5.74, 6) is 0.318. The Hall–Kier alpha value is -1.66. The lowest BCUT2D eigenvalue weighted by Gasteiger charge is -2.01. The smallest absolute Gasteiger partial charge is 0.240 e. The minimum Gasteiger partial charge on any atom is -0.494 e. The molecule has 0 saturated heterocycles. The molecule has 2 aromatic rings. The van der Waals surface area contributed by atoms with E-state index in [2.05, 4.69) is 10.1 Å². The van der Waals surface area contributed by atoms with Crippen LogP contribution in [0.15, 0.2) is 22.7 Å². The van der Waals surface area contributed by atoms with Gasteiger partial charge in [-0.3, -0.25) is 0 Å². The van der Waals surface area contributed by atoms with Crippen LogP contribution in [0.2, 0.25) is 0 Å². The summed E-state index contributed by atoms with van der Waals surface area (Å²) in [6.45, 7) is 0.158. The molecule has 7 heteroatoms. The number of ether oxygens (including phenoxy) is 1. The first kappa shape index (κ1) is 13.4. The Bertz CT molecular complexity index is 504. The number of methoxy groups -OCH3 is 1. The van der Waals surface area contributed by atoms with E-state index in [4.69, 9.17) is 15.0 Å².